The van der Waals surface area contributed by atoms with Gasteiger partial charge in [0, 0.05) is 4.91 Å². The van der Waals surface area contributed by atoms with E-state index in [-0.39, 0.29) is 0 Å². The molecule has 0 atom stereocenters. The van der Waals surface area contributed by atoms with E-state index < -0.39 is 0 Å². The van der Waals surface area contributed by atoms with Crippen molar-refractivity contribution in [1.82, 2.24) is 0 Å². The molecule has 2 rings (SSSR count). The second-order valence-electron chi connectivity index (χ2n) is 3.53. The molecule has 2 aromatic rings. The minimum atomic E-state index is 0.527. The van der Waals surface area contributed by atoms with Crippen molar-refractivity contribution in [1.29, 1.82) is 0 Å². The van der Waals surface area contributed by atoms with Gasteiger partial charge in [-0.05, 0) is 36.2 Å². The zero-order valence-electron chi connectivity index (χ0n) is 9.37. The lowest BCUT2D eigenvalue weighted by atomic mass is 10.2. The Bertz CT molecular complexity index is 560. The first kappa shape index (κ1) is 11.0. The number of hydrogen-bond acceptors (Lipinski definition) is 2. The van der Waals surface area contributed by atoms with Gasteiger partial charge in [-0.3, -0.25) is 0 Å². The first-order valence-electron chi connectivity index (χ1n) is 5.19. The summed E-state index contributed by atoms with van der Waals surface area (Å²) in [5.41, 5.74) is 9.95. The van der Waals surface area contributed by atoms with Crippen LogP contribution in [0.2, 0.25) is 0 Å². The maximum absolute atomic E-state index is 8.54. The quantitative estimate of drug-likeness (QED) is 0.423. The summed E-state index contributed by atoms with van der Waals surface area (Å²) in [6.45, 7) is 1.88. The molecule has 0 saturated heterocycles. The fraction of sp³-hybridized carbons (Fsp3) is 0.0769. The van der Waals surface area contributed by atoms with Crippen molar-refractivity contribution < 1.29 is 4.74 Å². The van der Waals surface area contributed by atoms with E-state index in [0.29, 0.717) is 17.2 Å². The van der Waals surface area contributed by atoms with E-state index in [2.05, 4.69) is 10.0 Å². The fourth-order valence-corrected chi connectivity index (χ4v) is 1.50. The monoisotopic (exact) mass is 225 g/mol. The smallest absolute Gasteiger partial charge is 0.137 e. The number of rotatable bonds is 3. The number of hydrogen-bond donors (Lipinski definition) is 0. The largest absolute Gasteiger partial charge is 0.457 e. The first-order chi connectivity index (χ1) is 8.31. The third-order valence-electron chi connectivity index (χ3n) is 2.32. The predicted molar refractivity (Wildman–Crippen MR) is 66.5 cm³/mol. The summed E-state index contributed by atoms with van der Waals surface area (Å²) in [5, 5.41) is 3.66. The minimum Gasteiger partial charge on any atom is -0.457 e. The first-order valence-corrected chi connectivity index (χ1v) is 5.19. The van der Waals surface area contributed by atoms with Gasteiger partial charge in [0.25, 0.3) is 0 Å². The van der Waals surface area contributed by atoms with Crippen molar-refractivity contribution in [3.05, 3.63) is 64.5 Å². The van der Waals surface area contributed by atoms with Crippen molar-refractivity contribution in [2.45, 2.75) is 6.92 Å². The predicted octanol–water partition coefficient (Wildman–Crippen LogP) is 4.73. The molecule has 17 heavy (non-hydrogen) atoms. The Morgan fingerprint density at radius 2 is 1.82 bits per heavy atom. The maximum atomic E-state index is 8.54. The molecular weight excluding hydrogens is 214 g/mol. The van der Waals surface area contributed by atoms with Gasteiger partial charge in [0.1, 0.15) is 11.5 Å². The molecule has 0 bridgehead atoms. The highest BCUT2D eigenvalue weighted by molar-refractivity contribution is 5.58. The molecule has 0 spiro atoms. The second kappa shape index (κ2) is 5.05. The van der Waals surface area contributed by atoms with E-state index in [1.165, 1.54) is 0 Å². The van der Waals surface area contributed by atoms with E-state index >= 15 is 0 Å². The molecular formula is C13H11N3O. The van der Waals surface area contributed by atoms with Gasteiger partial charge in [-0.1, -0.05) is 35.4 Å². The molecule has 2 aromatic carbocycles. The molecule has 0 fully saturated rings. The molecule has 0 amide bonds. The number of nitrogens with zero attached hydrogens (tertiary/aromatic N) is 3. The Kier molecular flexibility index (Phi) is 3.28. The third-order valence-corrected chi connectivity index (χ3v) is 2.32. The molecule has 0 aliphatic rings. The molecule has 0 N–H and O–H groups in total. The van der Waals surface area contributed by atoms with Crippen molar-refractivity contribution in [3.8, 4) is 11.5 Å². The van der Waals surface area contributed by atoms with Gasteiger partial charge in [-0.15, -0.1) is 0 Å². The summed E-state index contributed by atoms with van der Waals surface area (Å²) < 4.78 is 5.68. The summed E-state index contributed by atoms with van der Waals surface area (Å²) in [6.07, 6.45) is 0. The Hall–Kier alpha value is -2.45. The number of aryl methyl sites for hydroxylation is 1. The van der Waals surface area contributed by atoms with Gasteiger partial charge >= 0.3 is 0 Å². The molecule has 0 heterocycles. The molecule has 0 aliphatic carbocycles. The van der Waals surface area contributed by atoms with Crippen LogP contribution in [-0.4, -0.2) is 0 Å². The fourth-order valence-electron chi connectivity index (χ4n) is 1.50. The third kappa shape index (κ3) is 2.56. The van der Waals surface area contributed by atoms with Gasteiger partial charge in [-0.2, -0.15) is 0 Å². The van der Waals surface area contributed by atoms with Crippen LogP contribution in [0, 0.1) is 6.92 Å². The van der Waals surface area contributed by atoms with Crippen LogP contribution < -0.4 is 4.74 Å². The average Bonchev–Trinajstić information content (AvgIpc) is 2.35. The van der Waals surface area contributed by atoms with Gasteiger partial charge in [-0.25, -0.2) is 0 Å². The van der Waals surface area contributed by atoms with E-state index in [4.69, 9.17) is 10.3 Å². The van der Waals surface area contributed by atoms with Crippen LogP contribution in [0.25, 0.3) is 10.4 Å². The number of azide groups is 1. The SMILES string of the molecule is Cc1cccc(Oc2ccccc2)c1N=[N+]=[N-]. The van der Waals surface area contributed by atoms with Gasteiger partial charge in [0.05, 0.1) is 5.69 Å². The normalized spacial score (nSPS) is 9.47. The zero-order chi connectivity index (χ0) is 12.1. The van der Waals surface area contributed by atoms with Crippen LogP contribution in [0.4, 0.5) is 5.69 Å². The Labute approximate surface area is 99.1 Å². The van der Waals surface area contributed by atoms with E-state index in [0.717, 1.165) is 5.56 Å². The lowest BCUT2D eigenvalue weighted by Gasteiger charge is -2.09. The van der Waals surface area contributed by atoms with Crippen LogP contribution in [0.15, 0.2) is 53.6 Å². The van der Waals surface area contributed by atoms with Gasteiger partial charge in [0.2, 0.25) is 0 Å². The molecule has 84 valence electrons. The van der Waals surface area contributed by atoms with E-state index in [1.54, 1.807) is 6.07 Å². The zero-order valence-corrected chi connectivity index (χ0v) is 9.37. The Balaban J connectivity index is 2.39. The van der Waals surface area contributed by atoms with Gasteiger partial charge < -0.3 is 4.74 Å². The topological polar surface area (TPSA) is 58.0 Å². The number of benzene rings is 2. The summed E-state index contributed by atoms with van der Waals surface area (Å²) in [5.74, 6) is 1.28. The number of para-hydroxylation sites is 1. The molecule has 0 aliphatic heterocycles. The lowest BCUT2D eigenvalue weighted by molar-refractivity contribution is 0.483. The van der Waals surface area contributed by atoms with Crippen molar-refractivity contribution in [2.75, 3.05) is 0 Å². The number of ether oxygens (including phenoxy) is 1. The second-order valence-corrected chi connectivity index (χ2v) is 3.53. The Morgan fingerprint density at radius 1 is 1.06 bits per heavy atom. The average molecular weight is 225 g/mol. The lowest BCUT2D eigenvalue weighted by Crippen LogP contribution is -1.85. The van der Waals surface area contributed by atoms with Gasteiger partial charge in [0.15, 0.2) is 0 Å². The molecule has 4 nitrogen and oxygen atoms in total. The molecule has 0 saturated carbocycles. The van der Waals surface area contributed by atoms with Crippen LogP contribution in [0.1, 0.15) is 5.56 Å². The highest BCUT2D eigenvalue weighted by atomic mass is 16.5. The highest BCUT2D eigenvalue weighted by Crippen LogP contribution is 2.34. The summed E-state index contributed by atoms with van der Waals surface area (Å²) in [7, 11) is 0. The molecule has 0 aromatic heterocycles. The summed E-state index contributed by atoms with van der Waals surface area (Å²) in [6, 6.07) is 14.9. The maximum Gasteiger partial charge on any atom is 0.137 e. The highest BCUT2D eigenvalue weighted by Gasteiger charge is 2.05. The minimum absolute atomic E-state index is 0.527. The van der Waals surface area contributed by atoms with Crippen LogP contribution in [0.3, 0.4) is 0 Å². The molecule has 4 heteroatoms. The Morgan fingerprint density at radius 3 is 2.53 bits per heavy atom. The molecule has 0 radical (unpaired) electrons. The standard InChI is InChI=1S/C13H11N3O/c1-10-6-5-9-12(13(10)15-16-14)17-11-7-3-2-4-8-11/h2-9H,1H3. The summed E-state index contributed by atoms with van der Waals surface area (Å²) in [4.78, 5) is 2.81. The van der Waals surface area contributed by atoms with Crippen LogP contribution >= 0.6 is 0 Å². The van der Waals surface area contributed by atoms with Crippen molar-refractivity contribution in [3.63, 3.8) is 0 Å². The molecule has 0 unspecified atom stereocenters. The van der Waals surface area contributed by atoms with E-state index in [1.807, 2.05) is 49.4 Å². The van der Waals surface area contributed by atoms with Crippen LogP contribution in [-0.2, 0) is 0 Å². The van der Waals surface area contributed by atoms with Crippen LogP contribution in [0.5, 0.6) is 11.5 Å². The van der Waals surface area contributed by atoms with Crippen molar-refractivity contribution >= 4 is 5.69 Å². The van der Waals surface area contributed by atoms with E-state index in [9.17, 15) is 0 Å². The van der Waals surface area contributed by atoms with Crippen molar-refractivity contribution in [2.24, 2.45) is 5.11 Å². The summed E-state index contributed by atoms with van der Waals surface area (Å²) >= 11 is 0.